The molecule has 2 rings (SSSR count). The van der Waals surface area contributed by atoms with Crippen LogP contribution >= 0.6 is 0 Å². The molecule has 2 heterocycles. The van der Waals surface area contributed by atoms with E-state index in [1.165, 1.54) is 26.2 Å². The molecular weight excluding hydrogens is 138 g/mol. The highest BCUT2D eigenvalue weighted by Crippen LogP contribution is 2.10. The zero-order valence-electron chi connectivity index (χ0n) is 7.14. The van der Waals surface area contributed by atoms with Crippen molar-refractivity contribution in [2.24, 2.45) is 0 Å². The normalized spacial score (nSPS) is 35.2. The van der Waals surface area contributed by atoms with E-state index in [4.69, 9.17) is 0 Å². The van der Waals surface area contributed by atoms with Gasteiger partial charge in [0.1, 0.15) is 0 Å². The van der Waals surface area contributed by atoms with Gasteiger partial charge < -0.3 is 10.6 Å². The van der Waals surface area contributed by atoms with Crippen LogP contribution in [0.5, 0.6) is 0 Å². The van der Waals surface area contributed by atoms with E-state index in [1.807, 2.05) is 0 Å². The molecule has 11 heavy (non-hydrogen) atoms. The summed E-state index contributed by atoms with van der Waals surface area (Å²) in [6, 6.07) is 1.56. The van der Waals surface area contributed by atoms with E-state index in [9.17, 15) is 0 Å². The van der Waals surface area contributed by atoms with Crippen molar-refractivity contribution in [1.29, 1.82) is 0 Å². The van der Waals surface area contributed by atoms with E-state index in [-0.39, 0.29) is 0 Å². The second kappa shape index (κ2) is 3.09. The molecule has 0 radical (unpaired) electrons. The number of hydrogen-bond donors (Lipinski definition) is 2. The minimum absolute atomic E-state index is 0.732. The van der Waals surface area contributed by atoms with Gasteiger partial charge in [-0.2, -0.15) is 0 Å². The molecule has 0 bridgehead atoms. The number of nitrogens with zero attached hydrogens (tertiary/aromatic N) is 1. The predicted octanol–water partition coefficient (Wildman–Crippen LogP) is -0.748. The second-order valence-corrected chi connectivity index (χ2v) is 3.60. The van der Waals surface area contributed by atoms with Crippen LogP contribution in [0.4, 0.5) is 0 Å². The third-order valence-corrected chi connectivity index (χ3v) is 2.78. The van der Waals surface area contributed by atoms with Gasteiger partial charge in [0.15, 0.2) is 0 Å². The zero-order valence-corrected chi connectivity index (χ0v) is 7.14. The van der Waals surface area contributed by atoms with Crippen LogP contribution in [0.3, 0.4) is 0 Å². The van der Waals surface area contributed by atoms with Gasteiger partial charge in [0.2, 0.25) is 0 Å². The van der Waals surface area contributed by atoms with E-state index < -0.39 is 0 Å². The Balaban J connectivity index is 1.88. The van der Waals surface area contributed by atoms with Crippen LogP contribution in [0, 0.1) is 0 Å². The Kier molecular flexibility index (Phi) is 2.11. The Morgan fingerprint density at radius 3 is 2.55 bits per heavy atom. The van der Waals surface area contributed by atoms with Gasteiger partial charge in [0.25, 0.3) is 0 Å². The van der Waals surface area contributed by atoms with E-state index in [0.29, 0.717) is 0 Å². The minimum atomic E-state index is 0.732. The van der Waals surface area contributed by atoms with E-state index in [1.54, 1.807) is 0 Å². The van der Waals surface area contributed by atoms with Gasteiger partial charge in [-0.05, 0) is 6.92 Å². The standard InChI is InChI=1S/C8H17N3/c1-7-4-9-2-3-11(7)8-5-10-6-8/h7-10H,2-6H2,1H3/t7-/m1/s1. The lowest BCUT2D eigenvalue weighted by molar-refractivity contribution is 0.0833. The van der Waals surface area contributed by atoms with Crippen molar-refractivity contribution in [3.05, 3.63) is 0 Å². The van der Waals surface area contributed by atoms with Crippen molar-refractivity contribution in [1.82, 2.24) is 15.5 Å². The van der Waals surface area contributed by atoms with Crippen LogP contribution in [0.15, 0.2) is 0 Å². The summed E-state index contributed by atoms with van der Waals surface area (Å²) in [6.45, 7) is 8.27. The first-order chi connectivity index (χ1) is 5.38. The molecule has 2 aliphatic rings. The molecule has 0 spiro atoms. The summed E-state index contributed by atoms with van der Waals surface area (Å²) in [5, 5.41) is 6.72. The van der Waals surface area contributed by atoms with Gasteiger partial charge in [0, 0.05) is 44.8 Å². The molecule has 2 fully saturated rings. The van der Waals surface area contributed by atoms with Crippen molar-refractivity contribution in [3.8, 4) is 0 Å². The lowest BCUT2D eigenvalue weighted by Gasteiger charge is -2.44. The number of nitrogens with one attached hydrogen (secondary N) is 2. The lowest BCUT2D eigenvalue weighted by atomic mass is 10.1. The Labute approximate surface area is 68.1 Å². The van der Waals surface area contributed by atoms with Crippen LogP contribution in [0.25, 0.3) is 0 Å². The summed E-state index contributed by atoms with van der Waals surface area (Å²) in [5.41, 5.74) is 0. The van der Waals surface area contributed by atoms with Crippen molar-refractivity contribution in [2.45, 2.75) is 19.0 Å². The Morgan fingerprint density at radius 1 is 1.18 bits per heavy atom. The summed E-state index contributed by atoms with van der Waals surface area (Å²) in [7, 11) is 0. The van der Waals surface area contributed by atoms with Crippen molar-refractivity contribution in [2.75, 3.05) is 32.7 Å². The highest BCUT2D eigenvalue weighted by atomic mass is 15.3. The monoisotopic (exact) mass is 155 g/mol. The van der Waals surface area contributed by atoms with E-state index in [0.717, 1.165) is 18.6 Å². The fraction of sp³-hybridized carbons (Fsp3) is 1.00. The van der Waals surface area contributed by atoms with Gasteiger partial charge >= 0.3 is 0 Å². The molecule has 64 valence electrons. The average molecular weight is 155 g/mol. The van der Waals surface area contributed by atoms with Crippen LogP contribution in [0.1, 0.15) is 6.92 Å². The molecule has 3 heteroatoms. The third-order valence-electron chi connectivity index (χ3n) is 2.78. The molecule has 0 aromatic heterocycles. The summed E-state index contributed by atoms with van der Waals surface area (Å²) in [6.07, 6.45) is 0. The Morgan fingerprint density at radius 2 is 2.00 bits per heavy atom. The highest BCUT2D eigenvalue weighted by molar-refractivity contribution is 4.89. The first kappa shape index (κ1) is 7.53. The van der Waals surface area contributed by atoms with Gasteiger partial charge in [-0.1, -0.05) is 0 Å². The number of rotatable bonds is 1. The fourth-order valence-corrected chi connectivity index (χ4v) is 1.91. The van der Waals surface area contributed by atoms with Crippen LogP contribution in [-0.2, 0) is 0 Å². The first-order valence-electron chi connectivity index (χ1n) is 4.55. The minimum Gasteiger partial charge on any atom is -0.314 e. The molecule has 2 N–H and O–H groups in total. The molecule has 0 unspecified atom stereocenters. The number of hydrogen-bond acceptors (Lipinski definition) is 3. The second-order valence-electron chi connectivity index (χ2n) is 3.60. The maximum absolute atomic E-state index is 3.41. The van der Waals surface area contributed by atoms with Crippen LogP contribution in [-0.4, -0.2) is 49.7 Å². The molecule has 1 atom stereocenters. The van der Waals surface area contributed by atoms with Crippen molar-refractivity contribution in [3.63, 3.8) is 0 Å². The predicted molar refractivity (Wildman–Crippen MR) is 45.7 cm³/mol. The van der Waals surface area contributed by atoms with Crippen molar-refractivity contribution < 1.29 is 0 Å². The topological polar surface area (TPSA) is 27.3 Å². The quantitative estimate of drug-likeness (QED) is 0.522. The summed E-state index contributed by atoms with van der Waals surface area (Å²) in [4.78, 5) is 2.62. The molecule has 0 saturated carbocycles. The highest BCUT2D eigenvalue weighted by Gasteiger charge is 2.29. The SMILES string of the molecule is C[C@@H]1CNCCN1C1CNC1. The fourth-order valence-electron chi connectivity index (χ4n) is 1.91. The molecule has 0 amide bonds. The Bertz CT molecular complexity index is 131. The zero-order chi connectivity index (χ0) is 7.68. The van der Waals surface area contributed by atoms with Crippen LogP contribution in [0.2, 0.25) is 0 Å². The smallest absolute Gasteiger partial charge is 0.0349 e. The maximum Gasteiger partial charge on any atom is 0.0349 e. The first-order valence-corrected chi connectivity index (χ1v) is 4.55. The Hall–Kier alpha value is -0.120. The van der Waals surface area contributed by atoms with Gasteiger partial charge in [-0.3, -0.25) is 4.90 Å². The molecule has 3 nitrogen and oxygen atoms in total. The number of piperazine rings is 1. The molecule has 2 aliphatic heterocycles. The summed E-state index contributed by atoms with van der Waals surface area (Å²) in [5.74, 6) is 0. The van der Waals surface area contributed by atoms with Gasteiger partial charge in [0.05, 0.1) is 0 Å². The largest absolute Gasteiger partial charge is 0.314 e. The molecule has 0 aromatic carbocycles. The van der Waals surface area contributed by atoms with Crippen molar-refractivity contribution >= 4 is 0 Å². The van der Waals surface area contributed by atoms with Gasteiger partial charge in [-0.15, -0.1) is 0 Å². The van der Waals surface area contributed by atoms with E-state index >= 15 is 0 Å². The maximum atomic E-state index is 3.41. The molecule has 0 aliphatic carbocycles. The van der Waals surface area contributed by atoms with E-state index in [2.05, 4.69) is 22.5 Å². The molecular formula is C8H17N3. The average Bonchev–Trinajstić information content (AvgIpc) is 1.90. The third kappa shape index (κ3) is 1.41. The summed E-state index contributed by atoms with van der Waals surface area (Å²) < 4.78 is 0. The molecule has 2 saturated heterocycles. The summed E-state index contributed by atoms with van der Waals surface area (Å²) >= 11 is 0. The van der Waals surface area contributed by atoms with Gasteiger partial charge in [-0.25, -0.2) is 0 Å². The molecule has 0 aromatic rings. The lowest BCUT2D eigenvalue weighted by Crippen LogP contribution is -2.64. The van der Waals surface area contributed by atoms with Crippen LogP contribution < -0.4 is 10.6 Å².